The topological polar surface area (TPSA) is 130 Å². The van der Waals surface area contributed by atoms with Crippen molar-refractivity contribution in [2.24, 2.45) is 0 Å². The van der Waals surface area contributed by atoms with Crippen molar-refractivity contribution in [2.75, 3.05) is 12.4 Å². The summed E-state index contributed by atoms with van der Waals surface area (Å²) < 4.78 is 10.6. The normalized spacial score (nSPS) is 10.4. The lowest BCUT2D eigenvalue weighted by atomic mass is 10.0. The van der Waals surface area contributed by atoms with E-state index in [1.807, 2.05) is 0 Å². The summed E-state index contributed by atoms with van der Waals surface area (Å²) in [6, 6.07) is 19.2. The molecule has 0 bridgehead atoms. The predicted octanol–water partition coefficient (Wildman–Crippen LogP) is 4.29. The van der Waals surface area contributed by atoms with Gasteiger partial charge in [0.05, 0.1) is 29.8 Å². The number of aromatic carboxylic acids is 1. The summed E-state index contributed by atoms with van der Waals surface area (Å²) in [5.41, 5.74) is 1.39. The van der Waals surface area contributed by atoms with E-state index in [2.05, 4.69) is 11.4 Å². The second-order valence-corrected chi connectivity index (χ2v) is 7.06. The van der Waals surface area contributed by atoms with Crippen molar-refractivity contribution >= 4 is 28.5 Å². The molecule has 8 heteroatoms. The number of amides is 1. The molecule has 0 aliphatic heterocycles. The number of ether oxygens (including phenoxy) is 1. The van der Waals surface area contributed by atoms with Gasteiger partial charge in [0, 0.05) is 11.6 Å². The minimum absolute atomic E-state index is 0.0676. The van der Waals surface area contributed by atoms with E-state index in [0.29, 0.717) is 28.0 Å². The zero-order valence-electron chi connectivity index (χ0n) is 17.3. The molecule has 0 saturated heterocycles. The molecule has 2 N–H and O–H groups in total. The van der Waals surface area contributed by atoms with Crippen molar-refractivity contribution in [1.82, 2.24) is 0 Å². The Morgan fingerprint density at radius 1 is 1.03 bits per heavy atom. The number of carboxylic acids is 1. The zero-order valence-corrected chi connectivity index (χ0v) is 17.3. The molecule has 0 saturated carbocycles. The number of carbonyl (C=O) groups excluding carboxylic acids is 1. The molecule has 0 unspecified atom stereocenters. The fourth-order valence-electron chi connectivity index (χ4n) is 3.33. The minimum Gasteiger partial charge on any atom is -0.497 e. The molecule has 0 aliphatic rings. The summed E-state index contributed by atoms with van der Waals surface area (Å²) in [4.78, 5) is 37.0. The average Bonchev–Trinajstić information content (AvgIpc) is 2.84. The van der Waals surface area contributed by atoms with Gasteiger partial charge in [0.25, 0.3) is 5.91 Å². The van der Waals surface area contributed by atoms with Crippen molar-refractivity contribution in [3.63, 3.8) is 0 Å². The SMILES string of the molecule is COc1ccc(C(=O)Nc2cc(-c3cccc(C#N)c3)cc3c(=O)cc(C(=O)O)oc23)cc1. The second-order valence-electron chi connectivity index (χ2n) is 7.06. The third-order valence-corrected chi connectivity index (χ3v) is 4.96. The summed E-state index contributed by atoms with van der Waals surface area (Å²) in [7, 11) is 1.51. The smallest absolute Gasteiger partial charge is 0.371 e. The summed E-state index contributed by atoms with van der Waals surface area (Å²) in [5.74, 6) is -1.88. The number of nitrogens with one attached hydrogen (secondary N) is 1. The van der Waals surface area contributed by atoms with E-state index in [1.54, 1.807) is 54.6 Å². The summed E-state index contributed by atoms with van der Waals surface area (Å²) >= 11 is 0. The van der Waals surface area contributed by atoms with Gasteiger partial charge in [0.15, 0.2) is 11.0 Å². The highest BCUT2D eigenvalue weighted by Gasteiger charge is 2.18. The molecule has 3 aromatic carbocycles. The van der Waals surface area contributed by atoms with E-state index in [1.165, 1.54) is 13.2 Å². The second kappa shape index (κ2) is 8.69. The molecule has 0 atom stereocenters. The number of benzene rings is 3. The van der Waals surface area contributed by atoms with Crippen LogP contribution in [0.5, 0.6) is 5.75 Å². The first kappa shape index (κ1) is 21.3. The summed E-state index contributed by atoms with van der Waals surface area (Å²) in [6.07, 6.45) is 0. The lowest BCUT2D eigenvalue weighted by molar-refractivity contribution is 0.0663. The molecule has 4 rings (SSSR count). The first-order chi connectivity index (χ1) is 15.9. The van der Waals surface area contributed by atoms with E-state index >= 15 is 0 Å². The number of anilines is 1. The lowest BCUT2D eigenvalue weighted by Gasteiger charge is -2.12. The van der Waals surface area contributed by atoms with E-state index in [9.17, 15) is 24.8 Å². The standard InChI is InChI=1S/C25H16N2O6/c1-32-18-7-5-15(6-8-18)24(29)27-20-11-17(16-4-2-3-14(9-16)13-26)10-19-21(28)12-22(25(30)31)33-23(19)20/h2-12H,1H3,(H,27,29)(H,30,31). The van der Waals surface area contributed by atoms with Crippen LogP contribution in [-0.4, -0.2) is 24.1 Å². The van der Waals surface area contributed by atoms with Gasteiger partial charge < -0.3 is 19.6 Å². The first-order valence-electron chi connectivity index (χ1n) is 9.70. The van der Waals surface area contributed by atoms with Crippen LogP contribution in [-0.2, 0) is 0 Å². The fraction of sp³-hybridized carbons (Fsp3) is 0.0400. The number of fused-ring (bicyclic) bond motifs is 1. The van der Waals surface area contributed by atoms with Crippen LogP contribution in [0.2, 0.25) is 0 Å². The van der Waals surface area contributed by atoms with Gasteiger partial charge in [-0.05, 0) is 59.7 Å². The van der Waals surface area contributed by atoms with Crippen molar-refractivity contribution < 1.29 is 23.8 Å². The largest absolute Gasteiger partial charge is 0.497 e. The Kier molecular flexibility index (Phi) is 5.62. The Morgan fingerprint density at radius 3 is 2.45 bits per heavy atom. The molecular formula is C25H16N2O6. The molecule has 33 heavy (non-hydrogen) atoms. The molecule has 1 heterocycles. The Morgan fingerprint density at radius 2 is 1.79 bits per heavy atom. The summed E-state index contributed by atoms with van der Waals surface area (Å²) in [5, 5.41) is 21.3. The number of nitrogens with zero attached hydrogens (tertiary/aromatic N) is 1. The van der Waals surface area contributed by atoms with Crippen LogP contribution in [0.15, 0.2) is 75.9 Å². The van der Waals surface area contributed by atoms with E-state index in [4.69, 9.17) is 9.15 Å². The minimum atomic E-state index is -1.41. The molecule has 8 nitrogen and oxygen atoms in total. The van der Waals surface area contributed by atoms with Crippen LogP contribution in [0.4, 0.5) is 5.69 Å². The maximum Gasteiger partial charge on any atom is 0.371 e. The van der Waals surface area contributed by atoms with Gasteiger partial charge in [-0.3, -0.25) is 9.59 Å². The van der Waals surface area contributed by atoms with Gasteiger partial charge >= 0.3 is 5.97 Å². The number of methoxy groups -OCH3 is 1. The van der Waals surface area contributed by atoms with Crippen LogP contribution in [0.1, 0.15) is 26.5 Å². The number of rotatable bonds is 5. The number of hydrogen-bond donors (Lipinski definition) is 2. The fourth-order valence-corrected chi connectivity index (χ4v) is 3.33. The highest BCUT2D eigenvalue weighted by molar-refractivity contribution is 6.09. The molecule has 0 aliphatic carbocycles. The van der Waals surface area contributed by atoms with Crippen molar-refractivity contribution in [3.05, 3.63) is 93.8 Å². The van der Waals surface area contributed by atoms with E-state index in [-0.39, 0.29) is 16.7 Å². The molecule has 0 fully saturated rings. The number of nitriles is 1. The maximum absolute atomic E-state index is 12.9. The molecule has 0 radical (unpaired) electrons. The summed E-state index contributed by atoms with van der Waals surface area (Å²) in [6.45, 7) is 0. The van der Waals surface area contributed by atoms with Crippen LogP contribution in [0.25, 0.3) is 22.1 Å². The van der Waals surface area contributed by atoms with Crippen molar-refractivity contribution in [1.29, 1.82) is 5.26 Å². The maximum atomic E-state index is 12.9. The quantitative estimate of drug-likeness (QED) is 0.473. The van der Waals surface area contributed by atoms with Crippen molar-refractivity contribution in [2.45, 2.75) is 0 Å². The first-order valence-corrected chi connectivity index (χ1v) is 9.70. The van der Waals surface area contributed by atoms with E-state index < -0.39 is 23.1 Å². The van der Waals surface area contributed by atoms with Gasteiger partial charge in [-0.2, -0.15) is 5.26 Å². The van der Waals surface area contributed by atoms with Gasteiger partial charge in [-0.15, -0.1) is 0 Å². The molecule has 1 amide bonds. The molecule has 0 spiro atoms. The van der Waals surface area contributed by atoms with Crippen LogP contribution in [0.3, 0.4) is 0 Å². The average molecular weight is 440 g/mol. The number of carbonyl (C=O) groups is 2. The van der Waals surface area contributed by atoms with Crippen LogP contribution < -0.4 is 15.5 Å². The Hall–Kier alpha value is -4.90. The predicted molar refractivity (Wildman–Crippen MR) is 121 cm³/mol. The Labute approximate surface area is 187 Å². The molecule has 4 aromatic rings. The van der Waals surface area contributed by atoms with Crippen molar-refractivity contribution in [3.8, 4) is 22.9 Å². The lowest BCUT2D eigenvalue weighted by Crippen LogP contribution is -2.14. The Balaban J connectivity index is 1.88. The van der Waals surface area contributed by atoms with Gasteiger partial charge in [0.2, 0.25) is 5.76 Å². The van der Waals surface area contributed by atoms with Gasteiger partial charge in [-0.1, -0.05) is 12.1 Å². The zero-order chi connectivity index (χ0) is 23.5. The Bertz CT molecular complexity index is 1500. The highest BCUT2D eigenvalue weighted by atomic mass is 16.5. The van der Waals surface area contributed by atoms with Gasteiger partial charge in [0.1, 0.15) is 5.75 Å². The third-order valence-electron chi connectivity index (χ3n) is 4.96. The van der Waals surface area contributed by atoms with Gasteiger partial charge in [-0.25, -0.2) is 4.79 Å². The highest BCUT2D eigenvalue weighted by Crippen LogP contribution is 2.31. The monoisotopic (exact) mass is 440 g/mol. The molecular weight excluding hydrogens is 424 g/mol. The third kappa shape index (κ3) is 4.29. The number of carboxylic acid groups (broad SMARTS) is 1. The van der Waals surface area contributed by atoms with Crippen LogP contribution in [0, 0.1) is 11.3 Å². The van der Waals surface area contributed by atoms with E-state index in [0.717, 1.165) is 6.07 Å². The number of hydrogen-bond acceptors (Lipinski definition) is 6. The molecule has 162 valence electrons. The van der Waals surface area contributed by atoms with Crippen LogP contribution >= 0.6 is 0 Å². The molecule has 1 aromatic heterocycles.